The number of hydrogen-bond acceptors (Lipinski definition) is 2. The Morgan fingerprint density at radius 2 is 2.13 bits per heavy atom. The summed E-state index contributed by atoms with van der Waals surface area (Å²) in [5, 5.41) is 7.24. The van der Waals surface area contributed by atoms with Gasteiger partial charge in [-0.15, -0.1) is 5.10 Å². The lowest BCUT2D eigenvalue weighted by atomic mass is 10.1. The third-order valence-electron chi connectivity index (χ3n) is 1.65. The first-order valence-electron chi connectivity index (χ1n) is 4.08. The van der Waals surface area contributed by atoms with Gasteiger partial charge in [0.05, 0.1) is 11.2 Å². The highest BCUT2D eigenvalue weighted by atomic mass is 35.5. The molecule has 0 saturated carbocycles. The average molecular weight is 229 g/mol. The van der Waals surface area contributed by atoms with E-state index in [1.54, 1.807) is 13.0 Å². The lowest BCUT2D eigenvalue weighted by Gasteiger charge is -2.00. The number of nitrogens with two attached hydrogens (primary N) is 2. The Labute approximate surface area is 91.4 Å². The third-order valence-corrected chi connectivity index (χ3v) is 1.98. The zero-order valence-electron chi connectivity index (χ0n) is 8.04. The van der Waals surface area contributed by atoms with E-state index in [4.69, 9.17) is 23.1 Å². The summed E-state index contributed by atoms with van der Waals surface area (Å²) in [6.07, 6.45) is 1.36. The van der Waals surface area contributed by atoms with Gasteiger partial charge in [0.2, 0.25) is 5.96 Å². The van der Waals surface area contributed by atoms with Gasteiger partial charge in [-0.05, 0) is 24.6 Å². The molecule has 0 heterocycles. The van der Waals surface area contributed by atoms with E-state index in [0.29, 0.717) is 11.1 Å². The van der Waals surface area contributed by atoms with Crippen LogP contribution in [0.25, 0.3) is 0 Å². The van der Waals surface area contributed by atoms with Crippen LogP contribution in [0.5, 0.6) is 0 Å². The van der Waals surface area contributed by atoms with E-state index in [1.807, 2.05) is 0 Å². The molecule has 4 N–H and O–H groups in total. The number of rotatable bonds is 2. The largest absolute Gasteiger partial charge is 0.369 e. The lowest BCUT2D eigenvalue weighted by molar-refractivity contribution is 0.618. The fourth-order valence-corrected chi connectivity index (χ4v) is 1.14. The predicted octanol–water partition coefficient (Wildman–Crippen LogP) is 1.39. The van der Waals surface area contributed by atoms with Gasteiger partial charge >= 0.3 is 0 Å². The number of halogens is 2. The van der Waals surface area contributed by atoms with Gasteiger partial charge in [-0.25, -0.2) is 4.39 Å². The zero-order chi connectivity index (χ0) is 11.4. The highest BCUT2D eigenvalue weighted by Gasteiger charge is 2.03. The Morgan fingerprint density at radius 1 is 1.47 bits per heavy atom. The summed E-state index contributed by atoms with van der Waals surface area (Å²) in [5.74, 6) is -0.514. The van der Waals surface area contributed by atoms with E-state index < -0.39 is 0 Å². The Morgan fingerprint density at radius 3 is 2.73 bits per heavy atom. The predicted molar refractivity (Wildman–Crippen MR) is 59.6 cm³/mol. The van der Waals surface area contributed by atoms with Gasteiger partial charge < -0.3 is 11.5 Å². The lowest BCUT2D eigenvalue weighted by Crippen LogP contribution is -2.21. The van der Waals surface area contributed by atoms with Crippen molar-refractivity contribution < 1.29 is 4.39 Å². The molecule has 0 aromatic heterocycles. The number of aryl methyl sites for hydroxylation is 1. The Kier molecular flexibility index (Phi) is 3.62. The molecule has 4 nitrogen and oxygen atoms in total. The van der Waals surface area contributed by atoms with Gasteiger partial charge in [0.1, 0.15) is 5.82 Å². The maximum Gasteiger partial charge on any atom is 0.211 e. The highest BCUT2D eigenvalue weighted by Crippen LogP contribution is 2.18. The van der Waals surface area contributed by atoms with Crippen molar-refractivity contribution in [2.24, 2.45) is 21.7 Å². The number of nitrogens with zero attached hydrogens (tertiary/aromatic N) is 2. The quantitative estimate of drug-likeness (QED) is 0.456. The van der Waals surface area contributed by atoms with Gasteiger partial charge in [-0.3, -0.25) is 0 Å². The van der Waals surface area contributed by atoms with E-state index in [2.05, 4.69) is 10.2 Å². The van der Waals surface area contributed by atoms with Gasteiger partial charge in [-0.1, -0.05) is 11.6 Å². The summed E-state index contributed by atoms with van der Waals surface area (Å²) in [6, 6.07) is 2.77. The van der Waals surface area contributed by atoms with Crippen molar-refractivity contribution in [1.82, 2.24) is 0 Å². The van der Waals surface area contributed by atoms with Gasteiger partial charge in [0.15, 0.2) is 0 Å². The molecule has 0 atom stereocenters. The smallest absolute Gasteiger partial charge is 0.211 e. The standard InChI is InChI=1S/C9H10ClFN4/c1-5-2-6(4-14-15-9(12)13)7(10)3-8(5)11/h2-4H,1H3,(H4,12,13,15). The first-order valence-corrected chi connectivity index (χ1v) is 4.46. The molecule has 1 aromatic rings. The van der Waals surface area contributed by atoms with E-state index in [1.165, 1.54) is 12.3 Å². The minimum Gasteiger partial charge on any atom is -0.369 e. The number of benzene rings is 1. The van der Waals surface area contributed by atoms with Crippen LogP contribution in [0, 0.1) is 12.7 Å². The monoisotopic (exact) mass is 228 g/mol. The second-order valence-corrected chi connectivity index (χ2v) is 3.30. The first-order chi connectivity index (χ1) is 7.00. The summed E-state index contributed by atoms with van der Waals surface area (Å²) in [4.78, 5) is 0. The first kappa shape index (κ1) is 11.5. The van der Waals surface area contributed by atoms with Crippen LogP contribution < -0.4 is 11.5 Å². The SMILES string of the molecule is Cc1cc(C=NN=C(N)N)c(Cl)cc1F. The Bertz CT molecular complexity index is 424. The van der Waals surface area contributed by atoms with Crippen LogP contribution in [0.2, 0.25) is 5.02 Å². The molecule has 6 heteroatoms. The Balaban J connectivity index is 3.01. The van der Waals surface area contributed by atoms with E-state index in [9.17, 15) is 4.39 Å². The van der Waals surface area contributed by atoms with Crippen LogP contribution in [0.4, 0.5) is 4.39 Å². The van der Waals surface area contributed by atoms with Crippen molar-refractivity contribution in [3.63, 3.8) is 0 Å². The molecule has 0 amide bonds. The van der Waals surface area contributed by atoms with Crippen LogP contribution in [0.15, 0.2) is 22.3 Å². The average Bonchev–Trinajstić information content (AvgIpc) is 2.13. The molecule has 0 bridgehead atoms. The molecule has 0 aliphatic rings. The van der Waals surface area contributed by atoms with Gasteiger partial charge in [-0.2, -0.15) is 5.10 Å². The molecule has 1 rings (SSSR count). The summed E-state index contributed by atoms with van der Waals surface area (Å²) in [7, 11) is 0. The van der Waals surface area contributed by atoms with Crippen molar-refractivity contribution in [2.75, 3.05) is 0 Å². The van der Waals surface area contributed by atoms with Gasteiger partial charge in [0.25, 0.3) is 0 Å². The topological polar surface area (TPSA) is 76.8 Å². The normalized spacial score (nSPS) is 10.6. The molecule has 0 fully saturated rings. The van der Waals surface area contributed by atoms with Crippen molar-refractivity contribution in [3.8, 4) is 0 Å². The molecule has 0 unspecified atom stereocenters. The van der Waals surface area contributed by atoms with Crippen LogP contribution in [0.1, 0.15) is 11.1 Å². The summed E-state index contributed by atoms with van der Waals surface area (Å²) >= 11 is 5.77. The van der Waals surface area contributed by atoms with Crippen LogP contribution in [-0.2, 0) is 0 Å². The molecule has 0 aliphatic carbocycles. The molecule has 1 aromatic carbocycles. The van der Waals surface area contributed by atoms with E-state index in [0.717, 1.165) is 0 Å². The van der Waals surface area contributed by atoms with Crippen molar-refractivity contribution in [3.05, 3.63) is 34.1 Å². The fraction of sp³-hybridized carbons (Fsp3) is 0.111. The highest BCUT2D eigenvalue weighted by molar-refractivity contribution is 6.33. The third kappa shape index (κ3) is 3.21. The molecule has 80 valence electrons. The molecule has 0 aliphatic heterocycles. The van der Waals surface area contributed by atoms with E-state index >= 15 is 0 Å². The summed E-state index contributed by atoms with van der Waals surface area (Å²) < 4.78 is 13.0. The molecule has 15 heavy (non-hydrogen) atoms. The molecular formula is C9H10ClFN4. The number of guanidine groups is 1. The van der Waals surface area contributed by atoms with Crippen molar-refractivity contribution in [1.29, 1.82) is 0 Å². The summed E-state index contributed by atoms with van der Waals surface area (Å²) in [5.41, 5.74) is 11.2. The Hall–Kier alpha value is -1.62. The minimum atomic E-state index is -0.362. The van der Waals surface area contributed by atoms with Crippen molar-refractivity contribution >= 4 is 23.8 Å². The van der Waals surface area contributed by atoms with Gasteiger partial charge in [0, 0.05) is 5.56 Å². The van der Waals surface area contributed by atoms with Crippen LogP contribution in [-0.4, -0.2) is 12.2 Å². The van der Waals surface area contributed by atoms with Crippen molar-refractivity contribution in [2.45, 2.75) is 6.92 Å². The number of hydrogen-bond donors (Lipinski definition) is 2. The summed E-state index contributed by atoms with van der Waals surface area (Å²) in [6.45, 7) is 1.63. The van der Waals surface area contributed by atoms with Crippen LogP contribution >= 0.6 is 11.6 Å². The molecule has 0 radical (unpaired) electrons. The van der Waals surface area contributed by atoms with Crippen LogP contribution in [0.3, 0.4) is 0 Å². The maximum absolute atomic E-state index is 13.0. The molecule has 0 saturated heterocycles. The molecule has 0 spiro atoms. The second kappa shape index (κ2) is 4.75. The molecular weight excluding hydrogens is 219 g/mol. The second-order valence-electron chi connectivity index (χ2n) is 2.89. The zero-order valence-corrected chi connectivity index (χ0v) is 8.79. The fourth-order valence-electron chi connectivity index (χ4n) is 0.936. The minimum absolute atomic E-state index is 0.152. The maximum atomic E-state index is 13.0. The van der Waals surface area contributed by atoms with E-state index in [-0.39, 0.29) is 16.8 Å².